The van der Waals surface area contributed by atoms with Crippen LogP contribution >= 0.6 is 0 Å². The van der Waals surface area contributed by atoms with Crippen molar-refractivity contribution >= 4 is 15.8 Å². The van der Waals surface area contributed by atoms with Gasteiger partial charge in [-0.15, -0.1) is 5.92 Å². The van der Waals surface area contributed by atoms with Crippen LogP contribution in [0.3, 0.4) is 0 Å². The van der Waals surface area contributed by atoms with Gasteiger partial charge in [0.25, 0.3) is 0 Å². The predicted octanol–water partition coefficient (Wildman–Crippen LogP) is 5.96. The first-order valence-electron chi connectivity index (χ1n) is 13.8. The number of fused-ring (bicyclic) bond motifs is 3. The minimum absolute atomic E-state index is 0.0316. The summed E-state index contributed by atoms with van der Waals surface area (Å²) in [7, 11) is -2.91. The van der Waals surface area contributed by atoms with E-state index >= 15 is 0 Å². The second-order valence-electron chi connectivity index (χ2n) is 10.5. The van der Waals surface area contributed by atoms with Gasteiger partial charge in [0.1, 0.15) is 24.2 Å². The highest BCUT2D eigenvalue weighted by atomic mass is 32.2. The minimum Gasteiger partial charge on any atom is -0.490 e. The van der Waals surface area contributed by atoms with E-state index in [0.717, 1.165) is 41.9 Å². The van der Waals surface area contributed by atoms with E-state index in [4.69, 9.17) is 9.47 Å². The van der Waals surface area contributed by atoms with Gasteiger partial charge >= 0.3 is 5.97 Å². The Morgan fingerprint density at radius 3 is 2.40 bits per heavy atom. The minimum atomic E-state index is -2.91. The van der Waals surface area contributed by atoms with E-state index in [0.29, 0.717) is 19.4 Å². The fourth-order valence-corrected chi connectivity index (χ4v) is 6.96. The Kier molecular flexibility index (Phi) is 8.46. The molecule has 2 aliphatic rings. The standard InChI is InChI=1S/C33H34O6S/c1-2-4-26(21-33(34)35)24-9-11-28(12-10-24)38-22-23-7-8-25-5-3-6-27-20-30(13-14-31(27)32(25)19-23)39-29-15-17-40(36,37)18-16-29/h7-14,19-20,26,29H,3,5-6,15-18,21-22H2,1H3,(H,34,35)/t26-/m0/s1. The summed E-state index contributed by atoms with van der Waals surface area (Å²) in [6, 6.07) is 20.3. The first kappa shape index (κ1) is 27.8. The van der Waals surface area contributed by atoms with Gasteiger partial charge < -0.3 is 14.6 Å². The molecule has 1 aliphatic carbocycles. The molecule has 1 atom stereocenters. The highest BCUT2D eigenvalue weighted by Crippen LogP contribution is 2.36. The number of rotatable bonds is 8. The van der Waals surface area contributed by atoms with E-state index in [-0.39, 0.29) is 29.9 Å². The van der Waals surface area contributed by atoms with Gasteiger partial charge in [0.2, 0.25) is 0 Å². The number of aliphatic carboxylic acids is 1. The molecule has 1 aliphatic heterocycles. The average Bonchev–Trinajstić information content (AvgIpc) is 3.11. The third kappa shape index (κ3) is 6.86. The molecule has 1 heterocycles. The van der Waals surface area contributed by atoms with E-state index in [1.165, 1.54) is 22.3 Å². The van der Waals surface area contributed by atoms with Crippen LogP contribution in [0.5, 0.6) is 11.5 Å². The summed E-state index contributed by atoms with van der Waals surface area (Å²) >= 11 is 0. The number of hydrogen-bond acceptors (Lipinski definition) is 5. The maximum absolute atomic E-state index is 11.8. The summed E-state index contributed by atoms with van der Waals surface area (Å²) in [6.07, 6.45) is 4.02. The molecule has 0 spiro atoms. The second-order valence-corrected chi connectivity index (χ2v) is 12.8. The largest absolute Gasteiger partial charge is 0.490 e. The number of aryl methyl sites for hydroxylation is 2. The van der Waals surface area contributed by atoms with Crippen molar-refractivity contribution in [2.75, 3.05) is 11.5 Å². The maximum atomic E-state index is 11.8. The molecule has 208 valence electrons. The Balaban J connectivity index is 1.28. The van der Waals surface area contributed by atoms with Crippen LogP contribution in [0.25, 0.3) is 11.1 Å². The Bertz CT molecular complexity index is 1530. The van der Waals surface area contributed by atoms with Crippen LogP contribution in [0.15, 0.2) is 60.7 Å². The van der Waals surface area contributed by atoms with Gasteiger partial charge in [-0.2, -0.15) is 0 Å². The summed E-state index contributed by atoms with van der Waals surface area (Å²) < 4.78 is 35.8. The monoisotopic (exact) mass is 558 g/mol. The number of hydrogen-bond donors (Lipinski definition) is 1. The lowest BCUT2D eigenvalue weighted by atomic mass is 9.94. The second kappa shape index (κ2) is 12.2. The summed E-state index contributed by atoms with van der Waals surface area (Å²) in [5.41, 5.74) is 6.93. The molecule has 0 amide bonds. The summed E-state index contributed by atoms with van der Waals surface area (Å²) in [6.45, 7) is 2.13. The highest BCUT2D eigenvalue weighted by Gasteiger charge is 2.25. The number of ether oxygens (including phenoxy) is 2. The molecule has 1 N–H and O–H groups in total. The van der Waals surface area contributed by atoms with Gasteiger partial charge in [-0.05, 0) is 103 Å². The molecular weight excluding hydrogens is 524 g/mol. The van der Waals surface area contributed by atoms with E-state index < -0.39 is 15.8 Å². The Morgan fingerprint density at radius 2 is 1.68 bits per heavy atom. The van der Waals surface area contributed by atoms with E-state index in [2.05, 4.69) is 42.2 Å². The third-order valence-electron chi connectivity index (χ3n) is 7.62. The lowest BCUT2D eigenvalue weighted by Gasteiger charge is -2.24. The molecular formula is C33H34O6S. The summed E-state index contributed by atoms with van der Waals surface area (Å²) in [5.74, 6) is 6.51. The van der Waals surface area contributed by atoms with Crippen molar-refractivity contribution in [2.24, 2.45) is 0 Å². The lowest BCUT2D eigenvalue weighted by molar-refractivity contribution is -0.137. The zero-order valence-electron chi connectivity index (χ0n) is 22.7. The molecule has 3 aromatic rings. The molecule has 0 radical (unpaired) electrons. The highest BCUT2D eigenvalue weighted by molar-refractivity contribution is 7.91. The number of benzene rings is 3. The van der Waals surface area contributed by atoms with Crippen LogP contribution in [-0.4, -0.2) is 37.1 Å². The Hall–Kier alpha value is -3.76. The Labute approximate surface area is 236 Å². The van der Waals surface area contributed by atoms with Crippen LogP contribution in [0.4, 0.5) is 0 Å². The van der Waals surface area contributed by atoms with Crippen LogP contribution in [0, 0.1) is 11.8 Å². The van der Waals surface area contributed by atoms with Crippen molar-refractivity contribution in [3.8, 4) is 34.5 Å². The molecule has 5 rings (SSSR count). The predicted molar refractivity (Wildman–Crippen MR) is 155 cm³/mol. The smallest absolute Gasteiger partial charge is 0.304 e. The molecule has 3 aromatic carbocycles. The zero-order valence-corrected chi connectivity index (χ0v) is 23.5. The molecule has 0 aromatic heterocycles. The fourth-order valence-electron chi connectivity index (χ4n) is 5.51. The molecule has 0 unspecified atom stereocenters. The van der Waals surface area contributed by atoms with Crippen LogP contribution in [0.1, 0.15) is 60.8 Å². The van der Waals surface area contributed by atoms with Crippen molar-refractivity contribution in [2.45, 2.75) is 64.1 Å². The maximum Gasteiger partial charge on any atom is 0.304 e. The van der Waals surface area contributed by atoms with Crippen molar-refractivity contribution in [3.05, 3.63) is 82.9 Å². The number of carbonyl (C=O) groups is 1. The quantitative estimate of drug-likeness (QED) is 0.343. The molecule has 1 fully saturated rings. The normalized spacial score (nSPS) is 16.8. The lowest BCUT2D eigenvalue weighted by Crippen LogP contribution is -2.30. The fraction of sp³-hybridized carbons (Fsp3) is 0.364. The average molecular weight is 559 g/mol. The molecule has 0 bridgehead atoms. The van der Waals surface area contributed by atoms with Crippen molar-refractivity contribution in [3.63, 3.8) is 0 Å². The van der Waals surface area contributed by atoms with E-state index in [9.17, 15) is 18.3 Å². The van der Waals surface area contributed by atoms with E-state index in [1.807, 2.05) is 30.3 Å². The molecule has 6 nitrogen and oxygen atoms in total. The van der Waals surface area contributed by atoms with Gasteiger partial charge in [0, 0.05) is 0 Å². The van der Waals surface area contributed by atoms with Crippen molar-refractivity contribution < 1.29 is 27.8 Å². The number of carboxylic acid groups (broad SMARTS) is 1. The van der Waals surface area contributed by atoms with Crippen LogP contribution in [0.2, 0.25) is 0 Å². The van der Waals surface area contributed by atoms with E-state index in [1.54, 1.807) is 6.92 Å². The zero-order chi connectivity index (χ0) is 28.1. The van der Waals surface area contributed by atoms with Crippen LogP contribution in [-0.2, 0) is 34.1 Å². The van der Waals surface area contributed by atoms with Gasteiger partial charge in [-0.3, -0.25) is 4.79 Å². The van der Waals surface area contributed by atoms with Gasteiger partial charge in [0.15, 0.2) is 9.84 Å². The molecule has 0 saturated carbocycles. The Morgan fingerprint density at radius 1 is 0.950 bits per heavy atom. The van der Waals surface area contributed by atoms with Gasteiger partial charge in [0.05, 0.1) is 23.8 Å². The number of carboxylic acids is 1. The number of sulfone groups is 1. The summed E-state index contributed by atoms with van der Waals surface area (Å²) in [4.78, 5) is 11.2. The first-order valence-corrected chi connectivity index (χ1v) is 15.6. The van der Waals surface area contributed by atoms with Crippen molar-refractivity contribution in [1.82, 2.24) is 0 Å². The SMILES string of the molecule is CC#C[C@@H](CC(=O)O)c1ccc(OCc2ccc3c(c2)-c2ccc(OC4CCS(=O)(=O)CC4)cc2CCC3)cc1. The molecule has 1 saturated heterocycles. The topological polar surface area (TPSA) is 89.9 Å². The third-order valence-corrected chi connectivity index (χ3v) is 9.34. The van der Waals surface area contributed by atoms with Crippen molar-refractivity contribution in [1.29, 1.82) is 0 Å². The molecule has 40 heavy (non-hydrogen) atoms. The molecule has 7 heteroatoms. The van der Waals surface area contributed by atoms with Gasteiger partial charge in [-0.1, -0.05) is 36.3 Å². The summed E-state index contributed by atoms with van der Waals surface area (Å²) in [5, 5.41) is 9.18. The van der Waals surface area contributed by atoms with Gasteiger partial charge in [-0.25, -0.2) is 8.42 Å². The van der Waals surface area contributed by atoms with Crippen LogP contribution < -0.4 is 9.47 Å². The first-order chi connectivity index (χ1) is 19.3.